The lowest BCUT2D eigenvalue weighted by Crippen LogP contribution is -2.22. The van der Waals surface area contributed by atoms with Gasteiger partial charge in [0, 0.05) is 6.42 Å². The van der Waals surface area contributed by atoms with Crippen molar-refractivity contribution in [2.45, 2.75) is 32.6 Å². The molecule has 0 radical (unpaired) electrons. The van der Waals surface area contributed by atoms with E-state index in [-0.39, 0.29) is 12.3 Å². The van der Waals surface area contributed by atoms with Crippen molar-refractivity contribution < 1.29 is 19.8 Å². The van der Waals surface area contributed by atoms with Crippen molar-refractivity contribution in [2.75, 3.05) is 0 Å². The second kappa shape index (κ2) is 7.71. The molecule has 0 aromatic carbocycles. The van der Waals surface area contributed by atoms with E-state index in [0.717, 1.165) is 6.42 Å². The quantitative estimate of drug-likeness (QED) is 0.623. The molecule has 0 heterocycles. The van der Waals surface area contributed by atoms with Crippen LogP contribution in [0, 0.1) is 11.8 Å². The van der Waals surface area contributed by atoms with Gasteiger partial charge in [0.2, 0.25) is 0 Å². The highest BCUT2D eigenvalue weighted by Gasteiger charge is 2.25. The summed E-state index contributed by atoms with van der Waals surface area (Å²) in [6, 6.07) is 0. The first-order chi connectivity index (χ1) is 7.52. The summed E-state index contributed by atoms with van der Waals surface area (Å²) in [6.07, 6.45) is 3.31. The number of aliphatic carboxylic acids is 2. The first kappa shape index (κ1) is 14.5. The van der Waals surface area contributed by atoms with Gasteiger partial charge in [0.15, 0.2) is 0 Å². The molecule has 90 valence electrons. The number of carboxylic acids is 2. The normalized spacial score (nSPS) is 13.6. The summed E-state index contributed by atoms with van der Waals surface area (Å²) >= 11 is 0. The summed E-state index contributed by atoms with van der Waals surface area (Å²) in [5.74, 6) is -2.68. The van der Waals surface area contributed by atoms with Gasteiger partial charge in [0.1, 0.15) is 0 Å². The van der Waals surface area contributed by atoms with E-state index >= 15 is 0 Å². The van der Waals surface area contributed by atoms with Gasteiger partial charge in [-0.2, -0.15) is 0 Å². The van der Waals surface area contributed by atoms with Gasteiger partial charge in [-0.3, -0.25) is 9.59 Å². The van der Waals surface area contributed by atoms with Crippen LogP contribution in [-0.4, -0.2) is 22.2 Å². The zero-order valence-electron chi connectivity index (χ0n) is 9.48. The highest BCUT2D eigenvalue weighted by atomic mass is 16.4. The average Bonchev–Trinajstić information content (AvgIpc) is 2.20. The van der Waals surface area contributed by atoms with Crippen LogP contribution >= 0.6 is 0 Å². The van der Waals surface area contributed by atoms with Gasteiger partial charge in [-0.1, -0.05) is 19.9 Å². The van der Waals surface area contributed by atoms with Crippen LogP contribution in [0.5, 0.6) is 0 Å². The standard InChI is InChI=1S/C12H18O4/c1-3-5-9(7-8-11(13)14)10(6-4-2)12(15)16/h6,9-10H,2-3,5,7-8H2,1H3,(H,13,14)(H,15,16). The molecule has 0 rings (SSSR count). The molecule has 0 spiro atoms. The second-order valence-corrected chi connectivity index (χ2v) is 3.72. The van der Waals surface area contributed by atoms with E-state index in [1.807, 2.05) is 6.92 Å². The van der Waals surface area contributed by atoms with Crippen molar-refractivity contribution in [2.24, 2.45) is 11.8 Å². The Hall–Kier alpha value is -1.54. The van der Waals surface area contributed by atoms with E-state index in [4.69, 9.17) is 10.2 Å². The maximum atomic E-state index is 11.0. The van der Waals surface area contributed by atoms with E-state index in [0.29, 0.717) is 12.8 Å². The van der Waals surface area contributed by atoms with Crippen LogP contribution in [0.2, 0.25) is 0 Å². The predicted octanol–water partition coefficient (Wildman–Crippen LogP) is 2.31. The SMILES string of the molecule is C=C=CC(C(=O)O)C(CCC)CCC(=O)O. The lowest BCUT2D eigenvalue weighted by atomic mass is 9.85. The Morgan fingerprint density at radius 3 is 2.38 bits per heavy atom. The van der Waals surface area contributed by atoms with Crippen molar-refractivity contribution in [1.82, 2.24) is 0 Å². The molecule has 0 aromatic rings. The lowest BCUT2D eigenvalue weighted by Gasteiger charge is -2.19. The fraction of sp³-hybridized carbons (Fsp3) is 0.583. The molecule has 16 heavy (non-hydrogen) atoms. The molecule has 0 amide bonds. The second-order valence-electron chi connectivity index (χ2n) is 3.72. The largest absolute Gasteiger partial charge is 0.481 e. The molecule has 2 unspecified atom stereocenters. The van der Waals surface area contributed by atoms with Gasteiger partial charge in [-0.25, -0.2) is 0 Å². The molecule has 0 fully saturated rings. The average molecular weight is 226 g/mol. The van der Waals surface area contributed by atoms with Crippen molar-refractivity contribution in [3.05, 3.63) is 18.4 Å². The Bertz CT molecular complexity index is 287. The highest BCUT2D eigenvalue weighted by Crippen LogP contribution is 2.24. The molecule has 4 heteroatoms. The van der Waals surface area contributed by atoms with Crippen LogP contribution in [0.4, 0.5) is 0 Å². The minimum absolute atomic E-state index is 0.000566. The topological polar surface area (TPSA) is 74.6 Å². The van der Waals surface area contributed by atoms with Gasteiger partial charge in [-0.05, 0) is 24.8 Å². The molecule has 0 aliphatic rings. The number of rotatable bonds is 8. The first-order valence-corrected chi connectivity index (χ1v) is 5.33. The van der Waals surface area contributed by atoms with Crippen LogP contribution < -0.4 is 0 Å². The summed E-state index contributed by atoms with van der Waals surface area (Å²) in [5, 5.41) is 17.6. The third kappa shape index (κ3) is 5.37. The molecule has 0 saturated carbocycles. The summed E-state index contributed by atoms with van der Waals surface area (Å²) < 4.78 is 0. The summed E-state index contributed by atoms with van der Waals surface area (Å²) in [5.41, 5.74) is 2.47. The van der Waals surface area contributed by atoms with Gasteiger partial charge in [-0.15, -0.1) is 5.73 Å². The number of carboxylic acid groups (broad SMARTS) is 2. The summed E-state index contributed by atoms with van der Waals surface area (Å²) in [4.78, 5) is 21.5. The lowest BCUT2D eigenvalue weighted by molar-refractivity contribution is -0.143. The fourth-order valence-corrected chi connectivity index (χ4v) is 1.72. The first-order valence-electron chi connectivity index (χ1n) is 5.33. The molecule has 0 saturated heterocycles. The number of carbonyl (C=O) groups is 2. The van der Waals surface area contributed by atoms with Crippen molar-refractivity contribution in [1.29, 1.82) is 0 Å². The van der Waals surface area contributed by atoms with Crippen molar-refractivity contribution in [3.8, 4) is 0 Å². The van der Waals surface area contributed by atoms with Crippen LogP contribution in [0.15, 0.2) is 18.4 Å². The van der Waals surface area contributed by atoms with E-state index in [2.05, 4.69) is 12.3 Å². The third-order valence-electron chi connectivity index (χ3n) is 2.48. The molecule has 0 bridgehead atoms. The van der Waals surface area contributed by atoms with E-state index in [1.165, 1.54) is 6.08 Å². The minimum atomic E-state index is -0.944. The maximum Gasteiger partial charge on any atom is 0.311 e. The van der Waals surface area contributed by atoms with E-state index in [1.54, 1.807) is 0 Å². The molecular formula is C12H18O4. The Balaban J connectivity index is 4.62. The number of hydrogen-bond acceptors (Lipinski definition) is 2. The minimum Gasteiger partial charge on any atom is -0.481 e. The Kier molecular flexibility index (Phi) is 6.97. The fourth-order valence-electron chi connectivity index (χ4n) is 1.72. The van der Waals surface area contributed by atoms with Gasteiger partial charge in [0.25, 0.3) is 0 Å². The predicted molar refractivity (Wildman–Crippen MR) is 60.1 cm³/mol. The third-order valence-corrected chi connectivity index (χ3v) is 2.48. The van der Waals surface area contributed by atoms with Crippen molar-refractivity contribution in [3.63, 3.8) is 0 Å². The van der Waals surface area contributed by atoms with Gasteiger partial charge < -0.3 is 10.2 Å². The Morgan fingerprint density at radius 2 is 2.00 bits per heavy atom. The smallest absolute Gasteiger partial charge is 0.311 e. The van der Waals surface area contributed by atoms with Crippen LogP contribution in [-0.2, 0) is 9.59 Å². The summed E-state index contributed by atoms with van der Waals surface area (Å²) in [7, 11) is 0. The molecule has 0 aliphatic heterocycles. The van der Waals surface area contributed by atoms with Crippen LogP contribution in [0.3, 0.4) is 0 Å². The summed E-state index contributed by atoms with van der Waals surface area (Å²) in [6.45, 7) is 5.31. The monoisotopic (exact) mass is 226 g/mol. The molecular weight excluding hydrogens is 208 g/mol. The van der Waals surface area contributed by atoms with E-state index in [9.17, 15) is 9.59 Å². The maximum absolute atomic E-state index is 11.0. The van der Waals surface area contributed by atoms with E-state index < -0.39 is 17.9 Å². The van der Waals surface area contributed by atoms with Crippen molar-refractivity contribution >= 4 is 11.9 Å². The molecule has 2 atom stereocenters. The zero-order valence-corrected chi connectivity index (χ0v) is 9.48. The van der Waals surface area contributed by atoms with Crippen LogP contribution in [0.25, 0.3) is 0 Å². The van der Waals surface area contributed by atoms with Crippen LogP contribution in [0.1, 0.15) is 32.6 Å². The zero-order chi connectivity index (χ0) is 12.6. The highest BCUT2D eigenvalue weighted by molar-refractivity contribution is 5.72. The van der Waals surface area contributed by atoms with Gasteiger partial charge >= 0.3 is 11.9 Å². The Labute approximate surface area is 95.3 Å². The molecule has 0 aromatic heterocycles. The Morgan fingerprint density at radius 1 is 1.38 bits per heavy atom. The molecule has 2 N–H and O–H groups in total. The molecule has 0 aliphatic carbocycles. The molecule has 4 nitrogen and oxygen atoms in total. The number of hydrogen-bond donors (Lipinski definition) is 2. The van der Waals surface area contributed by atoms with Gasteiger partial charge in [0.05, 0.1) is 5.92 Å².